The molecule has 0 amide bonds. The van der Waals surface area contributed by atoms with E-state index < -0.39 is 0 Å². The van der Waals surface area contributed by atoms with Gasteiger partial charge in [0.1, 0.15) is 11.4 Å². The number of aromatic nitrogens is 3. The van der Waals surface area contributed by atoms with Gasteiger partial charge in [-0.15, -0.1) is 5.10 Å². The fourth-order valence-electron chi connectivity index (χ4n) is 1.25. The van der Waals surface area contributed by atoms with E-state index in [2.05, 4.69) is 26.2 Å². The van der Waals surface area contributed by atoms with E-state index in [1.807, 2.05) is 12.1 Å². The van der Waals surface area contributed by atoms with Crippen molar-refractivity contribution in [3.8, 4) is 11.4 Å². The topological polar surface area (TPSA) is 57.0 Å². The molecule has 6 heteroatoms. The molecule has 2 aromatic rings. The van der Waals surface area contributed by atoms with Gasteiger partial charge in [0.25, 0.3) is 0 Å². The van der Waals surface area contributed by atoms with Gasteiger partial charge in [-0.1, -0.05) is 5.21 Å². The van der Waals surface area contributed by atoms with Crippen molar-refractivity contribution >= 4 is 22.2 Å². The minimum absolute atomic E-state index is 0.293. The van der Waals surface area contributed by atoms with Crippen LogP contribution in [0.2, 0.25) is 0 Å². The summed E-state index contributed by atoms with van der Waals surface area (Å²) in [5.41, 5.74) is 1.07. The summed E-state index contributed by atoms with van der Waals surface area (Å²) in [5, 5.41) is 7.51. The summed E-state index contributed by atoms with van der Waals surface area (Å²) in [5.74, 6) is 0.695. The maximum atomic E-state index is 10.5. The Hall–Kier alpha value is -1.69. The maximum absolute atomic E-state index is 10.5. The van der Waals surface area contributed by atoms with Crippen LogP contribution in [0.25, 0.3) is 5.69 Å². The quantitative estimate of drug-likeness (QED) is 0.806. The van der Waals surface area contributed by atoms with Crippen LogP contribution < -0.4 is 4.74 Å². The average molecular weight is 282 g/mol. The van der Waals surface area contributed by atoms with Crippen LogP contribution in [0.15, 0.2) is 28.9 Å². The van der Waals surface area contributed by atoms with Crippen LogP contribution in [0.1, 0.15) is 10.5 Å². The molecule has 1 aromatic carbocycles. The van der Waals surface area contributed by atoms with Gasteiger partial charge < -0.3 is 4.74 Å². The molecule has 0 aliphatic rings. The van der Waals surface area contributed by atoms with E-state index in [9.17, 15) is 4.79 Å². The zero-order chi connectivity index (χ0) is 11.5. The van der Waals surface area contributed by atoms with E-state index in [4.69, 9.17) is 4.74 Å². The van der Waals surface area contributed by atoms with Crippen molar-refractivity contribution < 1.29 is 9.53 Å². The Morgan fingerprint density at radius 2 is 2.31 bits per heavy atom. The van der Waals surface area contributed by atoms with Crippen molar-refractivity contribution in [2.24, 2.45) is 0 Å². The first kappa shape index (κ1) is 10.8. The summed E-state index contributed by atoms with van der Waals surface area (Å²) in [6.45, 7) is 0. The highest BCUT2D eigenvalue weighted by Gasteiger charge is 2.05. The van der Waals surface area contributed by atoms with Crippen molar-refractivity contribution in [1.82, 2.24) is 15.0 Å². The number of benzene rings is 1. The number of carbonyl (C=O) groups is 1. The van der Waals surface area contributed by atoms with Gasteiger partial charge in [0, 0.05) is 6.07 Å². The zero-order valence-electron chi connectivity index (χ0n) is 8.42. The molecule has 0 N–H and O–H groups in total. The second-order valence-corrected chi connectivity index (χ2v) is 3.88. The first-order chi connectivity index (χ1) is 7.74. The molecule has 5 nitrogen and oxygen atoms in total. The molecule has 0 bridgehead atoms. The van der Waals surface area contributed by atoms with E-state index in [0.29, 0.717) is 17.7 Å². The zero-order valence-corrected chi connectivity index (χ0v) is 10.0. The van der Waals surface area contributed by atoms with Gasteiger partial charge >= 0.3 is 0 Å². The third kappa shape index (κ3) is 1.96. The molecule has 0 aliphatic carbocycles. The van der Waals surface area contributed by atoms with Crippen LogP contribution in [0, 0.1) is 0 Å². The predicted octanol–water partition coefficient (Wildman–Crippen LogP) is 1.85. The Kier molecular flexibility index (Phi) is 3.00. The first-order valence-corrected chi connectivity index (χ1v) is 5.25. The number of halogens is 1. The maximum Gasteiger partial charge on any atom is 0.171 e. The smallest absolute Gasteiger partial charge is 0.171 e. The fraction of sp³-hybridized carbons (Fsp3) is 0.100. The molecular formula is C10H8BrN3O2. The van der Waals surface area contributed by atoms with Crippen molar-refractivity contribution in [3.05, 3.63) is 34.6 Å². The SMILES string of the molecule is COc1cc(-n2cc(C=O)nn2)ccc1Br. The molecule has 0 atom stereocenters. The third-order valence-corrected chi connectivity index (χ3v) is 2.69. The summed E-state index contributed by atoms with van der Waals surface area (Å²) in [6.07, 6.45) is 2.20. The lowest BCUT2D eigenvalue weighted by Gasteiger charge is -2.05. The molecule has 0 spiro atoms. The Morgan fingerprint density at radius 1 is 1.50 bits per heavy atom. The predicted molar refractivity (Wildman–Crippen MR) is 61.0 cm³/mol. The summed E-state index contributed by atoms with van der Waals surface area (Å²) in [7, 11) is 1.59. The largest absolute Gasteiger partial charge is 0.495 e. The van der Waals surface area contributed by atoms with Gasteiger partial charge in [-0.3, -0.25) is 4.79 Å². The molecule has 0 aliphatic heterocycles. The summed E-state index contributed by atoms with van der Waals surface area (Å²) >= 11 is 3.36. The molecule has 0 saturated carbocycles. The van der Waals surface area contributed by atoms with Gasteiger partial charge in [-0.2, -0.15) is 0 Å². The minimum Gasteiger partial charge on any atom is -0.495 e. The number of carbonyl (C=O) groups excluding carboxylic acids is 1. The standard InChI is InChI=1S/C10H8BrN3O2/c1-16-10-4-8(2-3-9(10)11)14-5-7(6-15)12-13-14/h2-6H,1H3. The van der Waals surface area contributed by atoms with Gasteiger partial charge in [0.05, 0.1) is 23.5 Å². The Labute approximate surface area is 100 Å². The highest BCUT2D eigenvalue weighted by atomic mass is 79.9. The van der Waals surface area contributed by atoms with Gasteiger partial charge in [-0.25, -0.2) is 4.68 Å². The number of aldehydes is 1. The van der Waals surface area contributed by atoms with Crippen molar-refractivity contribution in [2.45, 2.75) is 0 Å². The number of hydrogen-bond acceptors (Lipinski definition) is 4. The number of nitrogens with zero attached hydrogens (tertiary/aromatic N) is 3. The highest BCUT2D eigenvalue weighted by Crippen LogP contribution is 2.26. The average Bonchev–Trinajstić information content (AvgIpc) is 2.78. The molecule has 0 unspecified atom stereocenters. The Bertz CT molecular complexity index is 525. The number of ether oxygens (including phenoxy) is 1. The molecule has 2 rings (SSSR count). The minimum atomic E-state index is 0.293. The van der Waals surface area contributed by atoms with Crippen LogP contribution in [0.5, 0.6) is 5.75 Å². The summed E-state index contributed by atoms with van der Waals surface area (Å²) in [4.78, 5) is 10.5. The van der Waals surface area contributed by atoms with E-state index in [-0.39, 0.29) is 0 Å². The Morgan fingerprint density at radius 3 is 2.94 bits per heavy atom. The molecule has 0 radical (unpaired) electrons. The lowest BCUT2D eigenvalue weighted by atomic mass is 10.3. The monoisotopic (exact) mass is 281 g/mol. The fourth-order valence-corrected chi connectivity index (χ4v) is 1.66. The van der Waals surface area contributed by atoms with Crippen LogP contribution >= 0.6 is 15.9 Å². The Balaban J connectivity index is 2.43. The highest BCUT2D eigenvalue weighted by molar-refractivity contribution is 9.10. The lowest BCUT2D eigenvalue weighted by Crippen LogP contribution is -1.96. The molecule has 0 fully saturated rings. The number of rotatable bonds is 3. The molecule has 82 valence electrons. The van der Waals surface area contributed by atoms with Gasteiger partial charge in [0.15, 0.2) is 6.29 Å². The van der Waals surface area contributed by atoms with Crippen LogP contribution in [0.4, 0.5) is 0 Å². The molecule has 1 heterocycles. The third-order valence-electron chi connectivity index (χ3n) is 2.03. The van der Waals surface area contributed by atoms with Crippen LogP contribution in [-0.2, 0) is 0 Å². The van der Waals surface area contributed by atoms with E-state index in [1.165, 1.54) is 4.68 Å². The van der Waals surface area contributed by atoms with E-state index in [0.717, 1.165) is 10.2 Å². The van der Waals surface area contributed by atoms with E-state index in [1.54, 1.807) is 19.4 Å². The van der Waals surface area contributed by atoms with Crippen molar-refractivity contribution in [2.75, 3.05) is 7.11 Å². The first-order valence-electron chi connectivity index (χ1n) is 4.46. The van der Waals surface area contributed by atoms with Gasteiger partial charge in [-0.05, 0) is 28.1 Å². The normalized spacial score (nSPS) is 10.1. The van der Waals surface area contributed by atoms with Crippen molar-refractivity contribution in [1.29, 1.82) is 0 Å². The second-order valence-electron chi connectivity index (χ2n) is 3.02. The molecule has 1 aromatic heterocycles. The second kappa shape index (κ2) is 4.44. The number of hydrogen-bond donors (Lipinski definition) is 0. The number of methoxy groups -OCH3 is 1. The van der Waals surface area contributed by atoms with Gasteiger partial charge in [0.2, 0.25) is 0 Å². The molecule has 0 saturated heterocycles. The molecule has 16 heavy (non-hydrogen) atoms. The lowest BCUT2D eigenvalue weighted by molar-refractivity contribution is 0.111. The molecular weight excluding hydrogens is 274 g/mol. The van der Waals surface area contributed by atoms with E-state index >= 15 is 0 Å². The van der Waals surface area contributed by atoms with Crippen LogP contribution in [0.3, 0.4) is 0 Å². The summed E-state index contributed by atoms with van der Waals surface area (Å²) in [6, 6.07) is 5.49. The van der Waals surface area contributed by atoms with Crippen LogP contribution in [-0.4, -0.2) is 28.4 Å². The van der Waals surface area contributed by atoms with Crippen molar-refractivity contribution in [3.63, 3.8) is 0 Å². The summed E-state index contributed by atoms with van der Waals surface area (Å²) < 4.78 is 7.53.